The highest BCUT2D eigenvalue weighted by molar-refractivity contribution is 5.95. The van der Waals surface area contributed by atoms with Gasteiger partial charge in [-0.2, -0.15) is 0 Å². The molecule has 0 radical (unpaired) electrons. The van der Waals surface area contributed by atoms with Gasteiger partial charge in [0, 0.05) is 18.7 Å². The number of aryl methyl sites for hydroxylation is 1. The summed E-state index contributed by atoms with van der Waals surface area (Å²) in [4.78, 5) is 13.7. The first-order valence-electron chi connectivity index (χ1n) is 5.76. The van der Waals surface area contributed by atoms with Crippen molar-refractivity contribution < 1.29 is 14.3 Å². The molecule has 17 heavy (non-hydrogen) atoms. The van der Waals surface area contributed by atoms with Crippen molar-refractivity contribution in [1.29, 1.82) is 0 Å². The van der Waals surface area contributed by atoms with E-state index in [2.05, 4.69) is 0 Å². The molecule has 0 heterocycles. The largest absolute Gasteiger partial charge is 0.395 e. The highest BCUT2D eigenvalue weighted by atomic mass is 19.1. The van der Waals surface area contributed by atoms with Crippen LogP contribution in [0.1, 0.15) is 29.3 Å². The molecule has 0 bridgehead atoms. The highest BCUT2D eigenvalue weighted by Gasteiger charge is 2.16. The van der Waals surface area contributed by atoms with E-state index in [1.165, 1.54) is 18.2 Å². The first-order valence-corrected chi connectivity index (χ1v) is 5.76. The molecule has 0 fully saturated rings. The molecule has 3 nitrogen and oxygen atoms in total. The monoisotopic (exact) mass is 239 g/mol. The molecule has 4 heteroatoms. The number of halogens is 1. The van der Waals surface area contributed by atoms with E-state index < -0.39 is 0 Å². The third kappa shape index (κ3) is 3.53. The van der Waals surface area contributed by atoms with Crippen LogP contribution in [0.4, 0.5) is 4.39 Å². The van der Waals surface area contributed by atoms with Crippen LogP contribution >= 0.6 is 0 Å². The van der Waals surface area contributed by atoms with Crippen molar-refractivity contribution in [1.82, 2.24) is 4.90 Å². The van der Waals surface area contributed by atoms with Gasteiger partial charge < -0.3 is 10.0 Å². The van der Waals surface area contributed by atoms with E-state index in [1.807, 2.05) is 6.92 Å². The molecule has 0 atom stereocenters. The van der Waals surface area contributed by atoms with Crippen LogP contribution in [-0.2, 0) is 0 Å². The number of carbonyl (C=O) groups is 1. The molecule has 1 amide bonds. The van der Waals surface area contributed by atoms with Crippen LogP contribution in [0.15, 0.2) is 18.2 Å². The van der Waals surface area contributed by atoms with Gasteiger partial charge in [-0.3, -0.25) is 4.79 Å². The van der Waals surface area contributed by atoms with Gasteiger partial charge in [-0.15, -0.1) is 0 Å². The summed E-state index contributed by atoms with van der Waals surface area (Å²) >= 11 is 0. The van der Waals surface area contributed by atoms with Gasteiger partial charge in [0.05, 0.1) is 6.61 Å². The summed E-state index contributed by atoms with van der Waals surface area (Å²) in [5, 5.41) is 8.92. The number of nitrogens with zero attached hydrogens (tertiary/aromatic N) is 1. The molecule has 0 aliphatic rings. The summed E-state index contributed by atoms with van der Waals surface area (Å²) in [6, 6.07) is 4.12. The van der Waals surface area contributed by atoms with E-state index in [9.17, 15) is 9.18 Å². The molecule has 1 rings (SSSR count). The summed E-state index contributed by atoms with van der Waals surface area (Å²) in [5.74, 6) is -0.498. The van der Waals surface area contributed by atoms with Crippen molar-refractivity contribution in [2.24, 2.45) is 0 Å². The van der Waals surface area contributed by atoms with E-state index >= 15 is 0 Å². The summed E-state index contributed by atoms with van der Waals surface area (Å²) in [6.07, 6.45) is 0.825. The minimum atomic E-state index is -0.344. The van der Waals surface area contributed by atoms with Gasteiger partial charge in [-0.25, -0.2) is 4.39 Å². The van der Waals surface area contributed by atoms with Gasteiger partial charge in [0.1, 0.15) is 5.82 Å². The van der Waals surface area contributed by atoms with Crippen molar-refractivity contribution in [3.63, 3.8) is 0 Å². The highest BCUT2D eigenvalue weighted by Crippen LogP contribution is 2.13. The smallest absolute Gasteiger partial charge is 0.254 e. The lowest BCUT2D eigenvalue weighted by atomic mass is 10.1. The Labute approximate surface area is 101 Å². The molecule has 0 saturated heterocycles. The van der Waals surface area contributed by atoms with Crippen LogP contribution in [0.3, 0.4) is 0 Å². The van der Waals surface area contributed by atoms with Crippen LogP contribution in [-0.4, -0.2) is 35.6 Å². The maximum absolute atomic E-state index is 12.9. The first kappa shape index (κ1) is 13.6. The maximum atomic E-state index is 12.9. The number of hydrogen-bond donors (Lipinski definition) is 1. The van der Waals surface area contributed by atoms with Gasteiger partial charge in [0.25, 0.3) is 5.91 Å². The fourth-order valence-corrected chi connectivity index (χ4v) is 1.74. The van der Waals surface area contributed by atoms with E-state index in [-0.39, 0.29) is 18.3 Å². The zero-order chi connectivity index (χ0) is 12.8. The number of amides is 1. The molecular weight excluding hydrogens is 221 g/mol. The Balaban J connectivity index is 2.92. The lowest BCUT2D eigenvalue weighted by Crippen LogP contribution is -2.34. The lowest BCUT2D eigenvalue weighted by Gasteiger charge is -2.21. The summed E-state index contributed by atoms with van der Waals surface area (Å²) < 4.78 is 12.9. The third-order valence-electron chi connectivity index (χ3n) is 2.57. The summed E-state index contributed by atoms with van der Waals surface area (Å²) in [6.45, 7) is 4.51. The predicted octanol–water partition coefficient (Wildman–Crippen LogP) is 1.98. The van der Waals surface area contributed by atoms with E-state index in [0.29, 0.717) is 24.2 Å². The maximum Gasteiger partial charge on any atom is 0.254 e. The zero-order valence-electron chi connectivity index (χ0n) is 10.2. The van der Waals surface area contributed by atoms with Gasteiger partial charge in [0.15, 0.2) is 0 Å². The Morgan fingerprint density at radius 3 is 2.65 bits per heavy atom. The van der Waals surface area contributed by atoms with E-state index in [0.717, 1.165) is 6.42 Å². The molecule has 0 saturated carbocycles. The van der Waals surface area contributed by atoms with Gasteiger partial charge in [-0.05, 0) is 37.1 Å². The second-order valence-corrected chi connectivity index (χ2v) is 3.98. The fourth-order valence-electron chi connectivity index (χ4n) is 1.74. The summed E-state index contributed by atoms with van der Waals surface area (Å²) in [7, 11) is 0. The van der Waals surface area contributed by atoms with Crippen molar-refractivity contribution in [2.75, 3.05) is 19.7 Å². The fraction of sp³-hybridized carbons (Fsp3) is 0.462. The molecule has 0 aromatic heterocycles. The third-order valence-corrected chi connectivity index (χ3v) is 2.57. The molecular formula is C13H18FNO2. The number of rotatable bonds is 5. The number of benzene rings is 1. The van der Waals surface area contributed by atoms with Crippen molar-refractivity contribution >= 4 is 5.91 Å². The van der Waals surface area contributed by atoms with Gasteiger partial charge in [0.2, 0.25) is 0 Å². The van der Waals surface area contributed by atoms with E-state index in [4.69, 9.17) is 5.11 Å². The van der Waals surface area contributed by atoms with Crippen LogP contribution in [0.5, 0.6) is 0 Å². The molecule has 0 aliphatic carbocycles. The standard InChI is InChI=1S/C13H18FNO2/c1-3-6-15(7-8-16)13(17)12-5-4-11(14)9-10(12)2/h4-5,9,16H,3,6-8H2,1-2H3. The van der Waals surface area contributed by atoms with Crippen molar-refractivity contribution in [3.8, 4) is 0 Å². The second kappa shape index (κ2) is 6.35. The number of hydrogen-bond acceptors (Lipinski definition) is 2. The van der Waals surface area contributed by atoms with Crippen LogP contribution in [0.2, 0.25) is 0 Å². The van der Waals surface area contributed by atoms with Crippen LogP contribution < -0.4 is 0 Å². The van der Waals surface area contributed by atoms with Crippen LogP contribution in [0.25, 0.3) is 0 Å². The molecule has 1 aromatic carbocycles. The molecule has 1 N–H and O–H groups in total. The SMILES string of the molecule is CCCN(CCO)C(=O)c1ccc(F)cc1C. The van der Waals surface area contributed by atoms with Gasteiger partial charge >= 0.3 is 0 Å². The van der Waals surface area contributed by atoms with Gasteiger partial charge in [-0.1, -0.05) is 6.92 Å². The normalized spacial score (nSPS) is 10.4. The molecule has 1 aromatic rings. The number of carbonyl (C=O) groups excluding carboxylic acids is 1. The zero-order valence-corrected chi connectivity index (χ0v) is 10.2. The predicted molar refractivity (Wildman–Crippen MR) is 64.4 cm³/mol. The first-order chi connectivity index (χ1) is 8.10. The quantitative estimate of drug-likeness (QED) is 0.853. The Hall–Kier alpha value is -1.42. The Morgan fingerprint density at radius 1 is 1.41 bits per heavy atom. The van der Waals surface area contributed by atoms with E-state index in [1.54, 1.807) is 11.8 Å². The molecule has 0 spiro atoms. The minimum absolute atomic E-state index is 0.0635. The molecule has 0 aliphatic heterocycles. The lowest BCUT2D eigenvalue weighted by molar-refractivity contribution is 0.0721. The van der Waals surface area contributed by atoms with Crippen molar-refractivity contribution in [3.05, 3.63) is 35.1 Å². The topological polar surface area (TPSA) is 40.5 Å². The number of aliphatic hydroxyl groups is 1. The minimum Gasteiger partial charge on any atom is -0.395 e. The van der Waals surface area contributed by atoms with Crippen molar-refractivity contribution in [2.45, 2.75) is 20.3 Å². The molecule has 0 unspecified atom stereocenters. The Bertz CT molecular complexity index is 387. The number of aliphatic hydroxyl groups excluding tert-OH is 1. The Kier molecular flexibility index (Phi) is 5.10. The molecule has 94 valence electrons. The second-order valence-electron chi connectivity index (χ2n) is 3.98. The van der Waals surface area contributed by atoms with Crippen LogP contribution in [0, 0.1) is 12.7 Å². The average molecular weight is 239 g/mol. The Morgan fingerprint density at radius 2 is 2.12 bits per heavy atom. The average Bonchev–Trinajstić information content (AvgIpc) is 2.28. The summed E-state index contributed by atoms with van der Waals surface area (Å²) in [5.41, 5.74) is 1.11.